The third kappa shape index (κ3) is 3.19. The Morgan fingerprint density at radius 3 is 2.28 bits per heavy atom. The first-order chi connectivity index (χ1) is 8.26. The molecule has 0 fully saturated rings. The van der Waals surface area contributed by atoms with E-state index < -0.39 is 11.7 Å². The minimum atomic E-state index is -4.29. The molecular formula is C12H13F3N2S. The number of nitrogens with zero attached hydrogens (tertiary/aromatic N) is 1. The van der Waals surface area contributed by atoms with Crippen molar-refractivity contribution < 1.29 is 13.2 Å². The molecular weight excluding hydrogens is 261 g/mol. The highest BCUT2D eigenvalue weighted by Gasteiger charge is 2.30. The molecule has 1 aliphatic heterocycles. The van der Waals surface area contributed by atoms with Crippen molar-refractivity contribution >= 4 is 22.6 Å². The zero-order chi connectivity index (χ0) is 13.4. The van der Waals surface area contributed by atoms with Gasteiger partial charge in [-0.2, -0.15) is 13.2 Å². The molecule has 1 aliphatic rings. The van der Waals surface area contributed by atoms with Gasteiger partial charge in [0.15, 0.2) is 5.17 Å². The van der Waals surface area contributed by atoms with Crippen molar-refractivity contribution in [3.63, 3.8) is 0 Å². The molecule has 0 saturated carbocycles. The van der Waals surface area contributed by atoms with Crippen molar-refractivity contribution in [1.82, 2.24) is 0 Å². The third-order valence-corrected chi connectivity index (χ3v) is 3.75. The summed E-state index contributed by atoms with van der Waals surface area (Å²) < 4.78 is 37.1. The van der Waals surface area contributed by atoms with E-state index in [1.165, 1.54) is 12.1 Å². The van der Waals surface area contributed by atoms with Gasteiger partial charge in [-0.05, 0) is 38.1 Å². The molecule has 1 aromatic rings. The number of halogens is 3. The van der Waals surface area contributed by atoms with E-state index in [1.807, 2.05) is 13.8 Å². The van der Waals surface area contributed by atoms with E-state index in [4.69, 9.17) is 0 Å². The quantitative estimate of drug-likeness (QED) is 0.837. The van der Waals surface area contributed by atoms with Gasteiger partial charge in [0, 0.05) is 11.4 Å². The summed E-state index contributed by atoms with van der Waals surface area (Å²) in [6.07, 6.45) is -4.29. The molecule has 2 rings (SSSR count). The van der Waals surface area contributed by atoms with Gasteiger partial charge in [0.05, 0.1) is 11.1 Å². The highest BCUT2D eigenvalue weighted by Crippen LogP contribution is 2.31. The maximum atomic E-state index is 12.4. The zero-order valence-electron chi connectivity index (χ0n) is 10.0. The molecule has 0 radical (unpaired) electrons. The number of benzene rings is 1. The van der Waals surface area contributed by atoms with E-state index in [0.29, 0.717) is 5.69 Å². The second-order valence-corrected chi connectivity index (χ2v) is 5.68. The maximum absolute atomic E-state index is 12.4. The molecule has 0 spiro atoms. The lowest BCUT2D eigenvalue weighted by Crippen LogP contribution is -2.15. The molecule has 6 heteroatoms. The molecule has 1 N–H and O–H groups in total. The van der Waals surface area contributed by atoms with Crippen LogP contribution in [0.4, 0.5) is 18.9 Å². The maximum Gasteiger partial charge on any atom is 0.416 e. The van der Waals surface area contributed by atoms with Crippen LogP contribution in [0.5, 0.6) is 0 Å². The Hall–Kier alpha value is -1.17. The predicted molar refractivity (Wildman–Crippen MR) is 69.0 cm³/mol. The van der Waals surface area contributed by atoms with Gasteiger partial charge in [0.2, 0.25) is 0 Å². The molecule has 1 heterocycles. The highest BCUT2D eigenvalue weighted by molar-refractivity contribution is 8.14. The molecule has 0 amide bonds. The van der Waals surface area contributed by atoms with Crippen LogP contribution in [0.15, 0.2) is 29.3 Å². The van der Waals surface area contributed by atoms with E-state index in [-0.39, 0.29) is 5.54 Å². The second kappa shape index (κ2) is 4.50. The third-order valence-electron chi connectivity index (χ3n) is 2.43. The molecule has 0 atom stereocenters. The van der Waals surface area contributed by atoms with Crippen LogP contribution in [-0.4, -0.2) is 16.5 Å². The van der Waals surface area contributed by atoms with E-state index in [9.17, 15) is 13.2 Å². The van der Waals surface area contributed by atoms with Crippen molar-refractivity contribution in [3.8, 4) is 0 Å². The van der Waals surface area contributed by atoms with Gasteiger partial charge >= 0.3 is 6.18 Å². The number of anilines is 1. The van der Waals surface area contributed by atoms with Gasteiger partial charge < -0.3 is 5.32 Å². The number of thioether (sulfide) groups is 1. The molecule has 2 nitrogen and oxygen atoms in total. The summed E-state index contributed by atoms with van der Waals surface area (Å²) in [5.41, 5.74) is -0.139. The molecule has 0 bridgehead atoms. The standard InChI is InChI=1S/C12H13F3N2S/c1-11(2)7-18-10(17-11)16-9-5-3-8(4-6-9)12(13,14)15/h3-6H,7H2,1-2H3,(H,16,17). The van der Waals surface area contributed by atoms with Crippen LogP contribution in [0.1, 0.15) is 19.4 Å². The number of hydrogen-bond acceptors (Lipinski definition) is 3. The van der Waals surface area contributed by atoms with E-state index >= 15 is 0 Å². The monoisotopic (exact) mass is 274 g/mol. The first-order valence-electron chi connectivity index (χ1n) is 5.43. The molecule has 0 saturated heterocycles. The summed E-state index contributed by atoms with van der Waals surface area (Å²) in [4.78, 5) is 4.43. The molecule has 0 aliphatic carbocycles. The summed E-state index contributed by atoms with van der Waals surface area (Å²) in [5.74, 6) is 0.871. The molecule has 18 heavy (non-hydrogen) atoms. The smallest absolute Gasteiger partial charge is 0.335 e. The van der Waals surface area contributed by atoms with E-state index in [1.54, 1.807) is 11.8 Å². The first-order valence-corrected chi connectivity index (χ1v) is 6.42. The summed E-state index contributed by atoms with van der Waals surface area (Å²) in [6.45, 7) is 4.03. The van der Waals surface area contributed by atoms with Crippen LogP contribution >= 0.6 is 11.8 Å². The Kier molecular flexibility index (Phi) is 3.31. The van der Waals surface area contributed by atoms with Crippen molar-refractivity contribution in [2.75, 3.05) is 11.1 Å². The number of nitrogens with one attached hydrogen (secondary N) is 1. The fourth-order valence-corrected chi connectivity index (χ4v) is 2.57. The predicted octanol–water partition coefficient (Wildman–Crippen LogP) is 4.00. The lowest BCUT2D eigenvalue weighted by Gasteiger charge is -2.10. The minimum absolute atomic E-state index is 0.112. The second-order valence-electron chi connectivity index (χ2n) is 4.72. The van der Waals surface area contributed by atoms with Crippen molar-refractivity contribution in [2.45, 2.75) is 25.6 Å². The normalized spacial score (nSPS) is 18.6. The van der Waals surface area contributed by atoms with Crippen LogP contribution < -0.4 is 5.32 Å². The minimum Gasteiger partial charge on any atom is -0.335 e. The van der Waals surface area contributed by atoms with Gasteiger partial charge in [-0.15, -0.1) is 0 Å². The molecule has 1 aromatic carbocycles. The number of amidine groups is 1. The lowest BCUT2D eigenvalue weighted by molar-refractivity contribution is -0.137. The largest absolute Gasteiger partial charge is 0.416 e. The number of rotatable bonds is 1. The van der Waals surface area contributed by atoms with E-state index in [0.717, 1.165) is 23.1 Å². The average Bonchev–Trinajstić information content (AvgIpc) is 2.57. The fraction of sp³-hybridized carbons (Fsp3) is 0.417. The average molecular weight is 274 g/mol. The number of aliphatic imine (C=N–C) groups is 1. The molecule has 0 unspecified atom stereocenters. The highest BCUT2D eigenvalue weighted by atomic mass is 32.2. The van der Waals surface area contributed by atoms with Crippen LogP contribution in [0.2, 0.25) is 0 Å². The van der Waals surface area contributed by atoms with Crippen molar-refractivity contribution in [1.29, 1.82) is 0 Å². The Labute approximate surface area is 108 Å². The summed E-state index contributed by atoms with van der Waals surface area (Å²) in [5, 5.41) is 3.77. The van der Waals surface area contributed by atoms with Crippen LogP contribution in [-0.2, 0) is 6.18 Å². The molecule has 0 aromatic heterocycles. The Morgan fingerprint density at radius 1 is 1.22 bits per heavy atom. The summed E-state index contributed by atoms with van der Waals surface area (Å²) in [6, 6.07) is 4.95. The van der Waals surface area contributed by atoms with Gasteiger partial charge in [0.25, 0.3) is 0 Å². The van der Waals surface area contributed by atoms with Crippen molar-refractivity contribution in [2.24, 2.45) is 4.99 Å². The van der Waals surface area contributed by atoms with Gasteiger partial charge in [0.1, 0.15) is 0 Å². The lowest BCUT2D eigenvalue weighted by atomic mass is 10.1. The first kappa shape index (κ1) is 13.3. The number of hydrogen-bond donors (Lipinski definition) is 1. The zero-order valence-corrected chi connectivity index (χ0v) is 10.8. The van der Waals surface area contributed by atoms with Gasteiger partial charge in [-0.3, -0.25) is 4.99 Å². The SMILES string of the molecule is CC1(C)CSC(Nc2ccc(C(F)(F)F)cc2)=N1. The van der Waals surface area contributed by atoms with Crippen LogP contribution in [0.3, 0.4) is 0 Å². The molecule has 98 valence electrons. The Balaban J connectivity index is 2.08. The topological polar surface area (TPSA) is 24.4 Å². The Morgan fingerprint density at radius 2 is 1.83 bits per heavy atom. The van der Waals surface area contributed by atoms with Gasteiger partial charge in [-0.25, -0.2) is 0 Å². The fourth-order valence-electron chi connectivity index (χ4n) is 1.51. The summed E-state index contributed by atoms with van der Waals surface area (Å²) in [7, 11) is 0. The Bertz CT molecular complexity index is 463. The van der Waals surface area contributed by atoms with Gasteiger partial charge in [-0.1, -0.05) is 11.8 Å². The van der Waals surface area contributed by atoms with E-state index in [2.05, 4.69) is 10.3 Å². The van der Waals surface area contributed by atoms with Crippen molar-refractivity contribution in [3.05, 3.63) is 29.8 Å². The summed E-state index contributed by atoms with van der Waals surface area (Å²) >= 11 is 1.57. The van der Waals surface area contributed by atoms with Crippen LogP contribution in [0.25, 0.3) is 0 Å². The number of alkyl halides is 3. The van der Waals surface area contributed by atoms with Crippen LogP contribution in [0, 0.1) is 0 Å².